The van der Waals surface area contributed by atoms with E-state index in [2.05, 4.69) is 5.32 Å². The number of halogens is 4. The fraction of sp³-hybridized carbons (Fsp3) is 0.333. The molecule has 0 saturated heterocycles. The van der Waals surface area contributed by atoms with Gasteiger partial charge in [0.05, 0.1) is 17.0 Å². The first-order chi connectivity index (χ1) is 15.4. The number of carbonyl (C=O) groups excluding carboxylic acids is 2. The van der Waals surface area contributed by atoms with Crippen molar-refractivity contribution >= 4 is 73.9 Å². The number of carbonyl (C=O) groups is 2. The first-order valence-electron chi connectivity index (χ1n) is 9.79. The lowest BCUT2D eigenvalue weighted by Crippen LogP contribution is -2.51. The monoisotopic (exact) mass is 553 g/mol. The molecule has 0 aromatic heterocycles. The molecule has 2 aromatic carbocycles. The molecule has 2 amide bonds. The first-order valence-corrected chi connectivity index (χ1v) is 13.2. The number of likely N-dealkylation sites (N-methyl/N-ethyl adjacent to an activating group) is 1. The summed E-state index contributed by atoms with van der Waals surface area (Å²) in [5.41, 5.74) is 0.513. The standard InChI is InChI=1S/C21H23Cl4N3O4S/c1-4-26-21(30)13(2)27(11-15-16(23)6-5-7-17(15)24)20(29)12-28(33(3,31)32)19-9-8-14(22)10-18(19)25/h5-10,13H,4,11-12H2,1-3H3,(H,26,30)/t13-/m1/s1. The molecule has 0 bridgehead atoms. The summed E-state index contributed by atoms with van der Waals surface area (Å²) in [4.78, 5) is 27.2. The van der Waals surface area contributed by atoms with Crippen LogP contribution in [0.3, 0.4) is 0 Å². The van der Waals surface area contributed by atoms with Gasteiger partial charge in [0.2, 0.25) is 21.8 Å². The van der Waals surface area contributed by atoms with Crippen molar-refractivity contribution in [3.05, 3.63) is 62.1 Å². The maximum Gasteiger partial charge on any atom is 0.244 e. The zero-order chi connectivity index (χ0) is 24.9. The van der Waals surface area contributed by atoms with Crippen LogP contribution in [0, 0.1) is 0 Å². The predicted octanol–water partition coefficient (Wildman–Crippen LogP) is 4.62. The molecule has 0 aliphatic heterocycles. The van der Waals surface area contributed by atoms with Gasteiger partial charge in [-0.1, -0.05) is 52.5 Å². The maximum absolute atomic E-state index is 13.4. The lowest BCUT2D eigenvalue weighted by atomic mass is 10.1. The Morgan fingerprint density at radius 3 is 2.15 bits per heavy atom. The minimum absolute atomic E-state index is 0.0539. The summed E-state index contributed by atoms with van der Waals surface area (Å²) in [6, 6.07) is 8.18. The number of nitrogens with one attached hydrogen (secondary N) is 1. The highest BCUT2D eigenvalue weighted by molar-refractivity contribution is 7.92. The molecule has 0 radical (unpaired) electrons. The summed E-state index contributed by atoms with van der Waals surface area (Å²) in [5, 5.41) is 3.64. The van der Waals surface area contributed by atoms with Gasteiger partial charge in [-0.3, -0.25) is 13.9 Å². The Hall–Kier alpha value is -1.71. The minimum Gasteiger partial charge on any atom is -0.355 e. The molecule has 0 saturated carbocycles. The second-order valence-electron chi connectivity index (χ2n) is 7.16. The highest BCUT2D eigenvalue weighted by Gasteiger charge is 2.31. The average molecular weight is 555 g/mol. The van der Waals surface area contributed by atoms with E-state index in [0.717, 1.165) is 10.6 Å². The molecule has 2 aromatic rings. The van der Waals surface area contributed by atoms with Crippen LogP contribution in [-0.2, 0) is 26.2 Å². The van der Waals surface area contributed by atoms with E-state index in [4.69, 9.17) is 46.4 Å². The number of hydrogen-bond donors (Lipinski definition) is 1. The normalized spacial score (nSPS) is 12.2. The van der Waals surface area contributed by atoms with E-state index in [0.29, 0.717) is 27.2 Å². The van der Waals surface area contributed by atoms with E-state index in [1.165, 1.54) is 30.0 Å². The molecular weight excluding hydrogens is 532 g/mol. The van der Waals surface area contributed by atoms with Crippen LogP contribution >= 0.6 is 46.4 Å². The lowest BCUT2D eigenvalue weighted by molar-refractivity contribution is -0.139. The van der Waals surface area contributed by atoms with Crippen LogP contribution < -0.4 is 9.62 Å². The number of amides is 2. The number of nitrogens with zero attached hydrogens (tertiary/aromatic N) is 2. The second-order valence-corrected chi connectivity index (χ2v) is 10.7. The highest BCUT2D eigenvalue weighted by atomic mass is 35.5. The van der Waals surface area contributed by atoms with Gasteiger partial charge in [-0.05, 0) is 44.2 Å². The average Bonchev–Trinajstić information content (AvgIpc) is 2.71. The summed E-state index contributed by atoms with van der Waals surface area (Å²) >= 11 is 24.7. The fourth-order valence-electron chi connectivity index (χ4n) is 3.04. The van der Waals surface area contributed by atoms with Gasteiger partial charge >= 0.3 is 0 Å². The third-order valence-corrected chi connectivity index (χ3v) is 7.14. The molecule has 2 rings (SSSR count). The van der Waals surface area contributed by atoms with Gasteiger partial charge in [0.15, 0.2) is 0 Å². The molecule has 1 N–H and O–H groups in total. The molecule has 0 fully saturated rings. The van der Waals surface area contributed by atoms with Gasteiger partial charge in [-0.2, -0.15) is 0 Å². The van der Waals surface area contributed by atoms with Crippen LogP contribution in [0.15, 0.2) is 36.4 Å². The fourth-order valence-corrected chi connectivity index (χ4v) is 4.98. The van der Waals surface area contributed by atoms with E-state index >= 15 is 0 Å². The molecule has 0 aliphatic rings. The molecule has 180 valence electrons. The lowest BCUT2D eigenvalue weighted by Gasteiger charge is -2.32. The van der Waals surface area contributed by atoms with Crippen molar-refractivity contribution < 1.29 is 18.0 Å². The molecule has 7 nitrogen and oxygen atoms in total. The summed E-state index contributed by atoms with van der Waals surface area (Å²) in [7, 11) is -3.92. The van der Waals surface area contributed by atoms with Crippen molar-refractivity contribution in [3.63, 3.8) is 0 Å². The quantitative estimate of drug-likeness (QED) is 0.490. The van der Waals surface area contributed by atoms with Crippen molar-refractivity contribution in [1.29, 1.82) is 0 Å². The van der Waals surface area contributed by atoms with Gasteiger partial charge in [0.1, 0.15) is 12.6 Å². The van der Waals surface area contributed by atoms with Crippen LogP contribution in [0.1, 0.15) is 19.4 Å². The molecule has 0 aliphatic carbocycles. The molecule has 33 heavy (non-hydrogen) atoms. The second kappa shape index (κ2) is 11.6. The van der Waals surface area contributed by atoms with Crippen molar-refractivity contribution in [2.24, 2.45) is 0 Å². The number of rotatable bonds is 9. The summed E-state index contributed by atoms with van der Waals surface area (Å²) < 4.78 is 25.9. The zero-order valence-corrected chi connectivity index (χ0v) is 22.0. The van der Waals surface area contributed by atoms with E-state index in [1.54, 1.807) is 25.1 Å². The minimum atomic E-state index is -3.92. The van der Waals surface area contributed by atoms with Gasteiger partial charge < -0.3 is 10.2 Å². The third-order valence-electron chi connectivity index (χ3n) is 4.77. The van der Waals surface area contributed by atoms with E-state index in [1.807, 2.05) is 0 Å². The highest BCUT2D eigenvalue weighted by Crippen LogP contribution is 2.31. The van der Waals surface area contributed by atoms with Crippen LogP contribution in [0.4, 0.5) is 5.69 Å². The number of anilines is 1. The first kappa shape index (κ1) is 27.5. The van der Waals surface area contributed by atoms with E-state index in [9.17, 15) is 18.0 Å². The van der Waals surface area contributed by atoms with Crippen LogP contribution in [0.2, 0.25) is 20.1 Å². The smallest absolute Gasteiger partial charge is 0.244 e. The maximum atomic E-state index is 13.4. The molecule has 0 unspecified atom stereocenters. The van der Waals surface area contributed by atoms with Gasteiger partial charge in [-0.25, -0.2) is 8.42 Å². The Bertz CT molecular complexity index is 1120. The van der Waals surface area contributed by atoms with Crippen LogP contribution in [-0.4, -0.2) is 50.5 Å². The van der Waals surface area contributed by atoms with Crippen molar-refractivity contribution in [2.75, 3.05) is 23.7 Å². The number of hydrogen-bond acceptors (Lipinski definition) is 4. The predicted molar refractivity (Wildman–Crippen MR) is 134 cm³/mol. The topological polar surface area (TPSA) is 86.8 Å². The molecular formula is C21H23Cl4N3O4S. The Labute approximate surface area is 213 Å². The molecule has 0 spiro atoms. The molecule has 12 heteroatoms. The Morgan fingerprint density at radius 1 is 1.03 bits per heavy atom. The summed E-state index contributed by atoms with van der Waals surface area (Å²) in [6.07, 6.45) is 0.952. The number of benzene rings is 2. The van der Waals surface area contributed by atoms with E-state index in [-0.39, 0.29) is 17.3 Å². The van der Waals surface area contributed by atoms with Gasteiger partial charge in [0.25, 0.3) is 0 Å². The summed E-state index contributed by atoms with van der Waals surface area (Å²) in [5.74, 6) is -1.06. The Balaban J connectivity index is 2.48. The third kappa shape index (κ3) is 7.13. The van der Waals surface area contributed by atoms with E-state index < -0.39 is 34.4 Å². The Kier molecular flexibility index (Phi) is 9.70. The number of sulfonamides is 1. The van der Waals surface area contributed by atoms with Crippen LogP contribution in [0.25, 0.3) is 0 Å². The zero-order valence-electron chi connectivity index (χ0n) is 18.1. The Morgan fingerprint density at radius 2 is 1.64 bits per heavy atom. The molecule has 0 heterocycles. The van der Waals surface area contributed by atoms with Gasteiger partial charge in [-0.15, -0.1) is 0 Å². The van der Waals surface area contributed by atoms with Crippen molar-refractivity contribution in [2.45, 2.75) is 26.4 Å². The van der Waals surface area contributed by atoms with Gasteiger partial charge in [0, 0.05) is 33.7 Å². The SMILES string of the molecule is CCNC(=O)[C@@H](C)N(Cc1c(Cl)cccc1Cl)C(=O)CN(c1ccc(Cl)cc1Cl)S(C)(=O)=O. The summed E-state index contributed by atoms with van der Waals surface area (Å²) in [6.45, 7) is 2.92. The molecule has 1 atom stereocenters. The largest absolute Gasteiger partial charge is 0.355 e. The van der Waals surface area contributed by atoms with Crippen molar-refractivity contribution in [3.8, 4) is 0 Å². The van der Waals surface area contributed by atoms with Crippen molar-refractivity contribution in [1.82, 2.24) is 10.2 Å². The van der Waals surface area contributed by atoms with Crippen LogP contribution in [0.5, 0.6) is 0 Å².